The summed E-state index contributed by atoms with van der Waals surface area (Å²) in [5, 5.41) is 19.2. The van der Waals surface area contributed by atoms with E-state index < -0.39 is 19.6 Å². The minimum atomic E-state index is -1.46. The van der Waals surface area contributed by atoms with Gasteiger partial charge in [0.25, 0.3) is 0 Å². The van der Waals surface area contributed by atoms with Crippen molar-refractivity contribution in [3.8, 4) is 11.5 Å². The topological polar surface area (TPSA) is 40.5 Å². The molecule has 0 heterocycles. The quantitative estimate of drug-likeness (QED) is 0.457. The predicted molar refractivity (Wildman–Crippen MR) is 81.0 cm³/mol. The average Bonchev–Trinajstić information content (AvgIpc) is 2.24. The van der Waals surface area contributed by atoms with E-state index in [1.807, 2.05) is 6.92 Å². The average molecular weight is 268 g/mol. The maximum absolute atomic E-state index is 9.98. The zero-order valence-corrected chi connectivity index (χ0v) is 13.7. The van der Waals surface area contributed by atoms with Crippen molar-refractivity contribution in [2.45, 2.75) is 59.4 Å². The Bertz CT molecular complexity index is 340. The Labute approximate surface area is 113 Å². The van der Waals surface area contributed by atoms with Crippen molar-refractivity contribution in [2.75, 3.05) is 6.61 Å². The highest BCUT2D eigenvalue weighted by Gasteiger charge is 2.30. The molecule has 0 aromatic rings. The van der Waals surface area contributed by atoms with E-state index in [0.717, 1.165) is 12.8 Å². The van der Waals surface area contributed by atoms with Crippen LogP contribution >= 0.6 is 0 Å². The minimum Gasteiger partial charge on any atom is -0.394 e. The standard InChI is InChI=1S/C15H28O2Si/c1-13(2)8-7-9-15(3,14(17)12-16)10-11-18(4,5)6/h8,14,16-17H,7,9,12H2,1-6H3/t14-,15-/m0/s1. The zero-order valence-electron chi connectivity index (χ0n) is 12.7. The molecule has 0 saturated carbocycles. The molecule has 2 N–H and O–H groups in total. The predicted octanol–water partition coefficient (Wildman–Crippen LogP) is 2.97. The molecule has 0 fully saturated rings. The first-order valence-electron chi connectivity index (χ1n) is 6.57. The Morgan fingerprint density at radius 3 is 2.28 bits per heavy atom. The van der Waals surface area contributed by atoms with Gasteiger partial charge in [-0.1, -0.05) is 31.3 Å². The van der Waals surface area contributed by atoms with Gasteiger partial charge in [-0.3, -0.25) is 0 Å². The molecule has 104 valence electrons. The Morgan fingerprint density at radius 2 is 1.89 bits per heavy atom. The smallest absolute Gasteiger partial charge is 0.129 e. The van der Waals surface area contributed by atoms with Crippen LogP contribution in [0.3, 0.4) is 0 Å². The van der Waals surface area contributed by atoms with Crippen molar-refractivity contribution in [3.63, 3.8) is 0 Å². The molecule has 0 rings (SSSR count). The fourth-order valence-corrected chi connectivity index (χ4v) is 2.17. The summed E-state index contributed by atoms with van der Waals surface area (Å²) >= 11 is 0. The molecule has 0 saturated heterocycles. The van der Waals surface area contributed by atoms with Crippen LogP contribution in [0.25, 0.3) is 0 Å². The van der Waals surface area contributed by atoms with Crippen molar-refractivity contribution < 1.29 is 10.2 Å². The molecule has 0 radical (unpaired) electrons. The number of allylic oxidation sites excluding steroid dienone is 2. The monoisotopic (exact) mass is 268 g/mol. The fourth-order valence-electron chi connectivity index (χ4n) is 1.50. The summed E-state index contributed by atoms with van der Waals surface area (Å²) in [7, 11) is -1.46. The van der Waals surface area contributed by atoms with Crippen LogP contribution in [0.5, 0.6) is 0 Å². The molecule has 0 aliphatic carbocycles. The van der Waals surface area contributed by atoms with Gasteiger partial charge in [-0.25, -0.2) is 0 Å². The van der Waals surface area contributed by atoms with Gasteiger partial charge in [-0.05, 0) is 33.6 Å². The van der Waals surface area contributed by atoms with Crippen LogP contribution in [0.1, 0.15) is 33.6 Å². The van der Waals surface area contributed by atoms with Gasteiger partial charge in [0.05, 0.1) is 18.1 Å². The summed E-state index contributed by atoms with van der Waals surface area (Å²) in [6.07, 6.45) is 3.04. The lowest BCUT2D eigenvalue weighted by Crippen LogP contribution is -2.34. The Morgan fingerprint density at radius 1 is 1.33 bits per heavy atom. The highest BCUT2D eigenvalue weighted by atomic mass is 28.3. The second-order valence-electron chi connectivity index (χ2n) is 6.44. The maximum atomic E-state index is 9.98. The van der Waals surface area contributed by atoms with Crippen molar-refractivity contribution >= 4 is 8.07 Å². The largest absolute Gasteiger partial charge is 0.394 e. The van der Waals surface area contributed by atoms with Gasteiger partial charge in [0.2, 0.25) is 0 Å². The second kappa shape index (κ2) is 7.13. The van der Waals surface area contributed by atoms with Crippen molar-refractivity contribution in [2.24, 2.45) is 5.41 Å². The van der Waals surface area contributed by atoms with E-state index in [2.05, 4.69) is 51.0 Å². The highest BCUT2D eigenvalue weighted by molar-refractivity contribution is 6.83. The number of hydrogen-bond acceptors (Lipinski definition) is 2. The Hall–Kier alpha value is -0.563. The van der Waals surface area contributed by atoms with Crippen LogP contribution in [0.2, 0.25) is 19.6 Å². The molecule has 0 spiro atoms. The molecular weight excluding hydrogens is 240 g/mol. The first-order chi connectivity index (χ1) is 8.10. The van der Waals surface area contributed by atoms with Crippen LogP contribution in [0.4, 0.5) is 0 Å². The van der Waals surface area contributed by atoms with Crippen molar-refractivity contribution in [1.82, 2.24) is 0 Å². The van der Waals surface area contributed by atoms with Gasteiger partial charge in [0.15, 0.2) is 0 Å². The van der Waals surface area contributed by atoms with Crippen LogP contribution in [-0.4, -0.2) is 31.0 Å². The van der Waals surface area contributed by atoms with Crippen molar-refractivity contribution in [1.29, 1.82) is 0 Å². The summed E-state index contributed by atoms with van der Waals surface area (Å²) in [6.45, 7) is 12.4. The van der Waals surface area contributed by atoms with Gasteiger partial charge in [-0.2, -0.15) is 0 Å². The fraction of sp³-hybridized carbons (Fsp3) is 0.733. The van der Waals surface area contributed by atoms with E-state index >= 15 is 0 Å². The first-order valence-corrected chi connectivity index (χ1v) is 10.1. The summed E-state index contributed by atoms with van der Waals surface area (Å²) < 4.78 is 0. The Balaban J connectivity index is 4.94. The van der Waals surface area contributed by atoms with Gasteiger partial charge in [0.1, 0.15) is 8.07 Å². The van der Waals surface area contributed by atoms with Gasteiger partial charge in [-0.15, -0.1) is 11.5 Å². The molecule has 0 bridgehead atoms. The molecule has 2 nitrogen and oxygen atoms in total. The third kappa shape index (κ3) is 7.00. The summed E-state index contributed by atoms with van der Waals surface area (Å²) in [5.41, 5.74) is 4.07. The molecule has 18 heavy (non-hydrogen) atoms. The lowest BCUT2D eigenvalue weighted by Gasteiger charge is -2.28. The molecule has 0 unspecified atom stereocenters. The van der Waals surface area contributed by atoms with E-state index in [-0.39, 0.29) is 6.61 Å². The number of aliphatic hydroxyl groups excluding tert-OH is 2. The molecule has 0 aliphatic rings. The van der Waals surface area contributed by atoms with E-state index in [1.165, 1.54) is 5.57 Å². The summed E-state index contributed by atoms with van der Waals surface area (Å²) in [5.74, 6) is 3.23. The Kier molecular flexibility index (Phi) is 6.91. The SMILES string of the molecule is CC(C)=CCC[C@@](C)(C#C[Si](C)(C)C)[C@@H](O)CO. The zero-order chi connectivity index (χ0) is 14.4. The van der Waals surface area contributed by atoms with E-state index in [1.54, 1.807) is 0 Å². The lowest BCUT2D eigenvalue weighted by atomic mass is 9.81. The minimum absolute atomic E-state index is 0.230. The first kappa shape index (κ1) is 17.4. The number of aliphatic hydroxyl groups is 2. The molecular formula is C15H28O2Si. The van der Waals surface area contributed by atoms with E-state index in [4.69, 9.17) is 0 Å². The number of rotatable bonds is 5. The van der Waals surface area contributed by atoms with Gasteiger partial charge < -0.3 is 10.2 Å². The van der Waals surface area contributed by atoms with Gasteiger partial charge in [0, 0.05) is 0 Å². The van der Waals surface area contributed by atoms with Gasteiger partial charge >= 0.3 is 0 Å². The normalized spacial score (nSPS) is 16.2. The van der Waals surface area contributed by atoms with Crippen LogP contribution in [0, 0.1) is 16.9 Å². The molecule has 2 atom stereocenters. The van der Waals surface area contributed by atoms with Crippen LogP contribution < -0.4 is 0 Å². The molecule has 0 aromatic carbocycles. The van der Waals surface area contributed by atoms with E-state index in [0.29, 0.717) is 0 Å². The summed E-state index contributed by atoms with van der Waals surface area (Å²) in [4.78, 5) is 0. The highest BCUT2D eigenvalue weighted by Crippen LogP contribution is 2.28. The second-order valence-corrected chi connectivity index (χ2v) is 11.2. The number of hydrogen-bond donors (Lipinski definition) is 2. The third-order valence-electron chi connectivity index (χ3n) is 2.85. The van der Waals surface area contributed by atoms with Crippen LogP contribution in [0.15, 0.2) is 11.6 Å². The lowest BCUT2D eigenvalue weighted by molar-refractivity contribution is 0.0200. The third-order valence-corrected chi connectivity index (χ3v) is 3.72. The maximum Gasteiger partial charge on any atom is 0.129 e. The van der Waals surface area contributed by atoms with Crippen LogP contribution in [-0.2, 0) is 0 Å². The van der Waals surface area contributed by atoms with Crippen molar-refractivity contribution in [3.05, 3.63) is 11.6 Å². The van der Waals surface area contributed by atoms with E-state index in [9.17, 15) is 10.2 Å². The summed E-state index contributed by atoms with van der Waals surface area (Å²) in [6, 6.07) is 0. The molecule has 3 heteroatoms. The molecule has 0 amide bonds. The molecule has 0 aromatic heterocycles. The molecule has 0 aliphatic heterocycles.